The van der Waals surface area contributed by atoms with Crippen LogP contribution in [0.1, 0.15) is 30.1 Å². The van der Waals surface area contributed by atoms with Crippen LogP contribution in [0.25, 0.3) is 0 Å². The summed E-state index contributed by atoms with van der Waals surface area (Å²) in [6.07, 6.45) is 0.814. The second-order valence-corrected chi connectivity index (χ2v) is 6.20. The average Bonchev–Trinajstić information content (AvgIpc) is 2.80. The molecule has 0 bridgehead atoms. The van der Waals surface area contributed by atoms with E-state index in [9.17, 15) is 0 Å². The minimum atomic E-state index is -0.368. The quantitative estimate of drug-likeness (QED) is 0.911. The van der Waals surface area contributed by atoms with E-state index in [1.807, 2.05) is 43.5 Å². The second-order valence-electron chi connectivity index (χ2n) is 5.26. The normalized spacial score (nSPS) is 11.6. The van der Waals surface area contributed by atoms with Crippen molar-refractivity contribution in [2.24, 2.45) is 5.73 Å². The molecule has 3 nitrogen and oxygen atoms in total. The lowest BCUT2D eigenvalue weighted by molar-refractivity contribution is 0.321. The summed E-state index contributed by atoms with van der Waals surface area (Å²) in [5.41, 5.74) is 7.83. The van der Waals surface area contributed by atoms with Crippen molar-refractivity contribution in [2.75, 3.05) is 6.61 Å². The minimum absolute atomic E-state index is 0.368. The number of hydrogen-bond acceptors (Lipinski definition) is 4. The van der Waals surface area contributed by atoms with Crippen LogP contribution in [-0.2, 0) is 12.0 Å². The summed E-state index contributed by atoms with van der Waals surface area (Å²) in [6.45, 7) is 6.64. The first-order chi connectivity index (χ1) is 8.95. The molecule has 0 amide bonds. The third kappa shape index (κ3) is 4.04. The predicted molar refractivity (Wildman–Crippen MR) is 79.7 cm³/mol. The fraction of sp³-hybridized carbons (Fsp3) is 0.400. The van der Waals surface area contributed by atoms with Gasteiger partial charge in [-0.05, 0) is 32.9 Å². The van der Waals surface area contributed by atoms with Gasteiger partial charge >= 0.3 is 0 Å². The van der Waals surface area contributed by atoms with Gasteiger partial charge in [0.05, 0.1) is 22.8 Å². The van der Waals surface area contributed by atoms with Crippen molar-refractivity contribution < 1.29 is 4.74 Å². The Balaban J connectivity index is 1.86. The Bertz CT molecular complexity index is 526. The van der Waals surface area contributed by atoms with Crippen molar-refractivity contribution in [3.63, 3.8) is 0 Å². The molecule has 19 heavy (non-hydrogen) atoms. The van der Waals surface area contributed by atoms with Gasteiger partial charge in [0.15, 0.2) is 0 Å². The van der Waals surface area contributed by atoms with Crippen LogP contribution in [0.15, 0.2) is 29.6 Å². The Labute approximate surface area is 118 Å². The van der Waals surface area contributed by atoms with Crippen molar-refractivity contribution in [1.29, 1.82) is 0 Å². The third-order valence-corrected chi connectivity index (χ3v) is 3.73. The van der Waals surface area contributed by atoms with Crippen LogP contribution in [0.4, 0.5) is 0 Å². The topological polar surface area (TPSA) is 48.1 Å². The summed E-state index contributed by atoms with van der Waals surface area (Å²) < 4.78 is 5.70. The lowest BCUT2D eigenvalue weighted by Gasteiger charge is -2.14. The average molecular weight is 276 g/mol. The van der Waals surface area contributed by atoms with Crippen molar-refractivity contribution in [3.8, 4) is 5.75 Å². The Hall–Kier alpha value is -1.39. The standard InChI is InChI=1S/C15H20N2OS/c1-11-4-6-12(7-5-11)18-9-8-14-17-13(10-19-14)15(2,3)16/h4-7,10H,8-9,16H2,1-3H3. The van der Waals surface area contributed by atoms with E-state index in [1.54, 1.807) is 11.3 Å². The maximum atomic E-state index is 6.02. The molecule has 0 spiro atoms. The van der Waals surface area contributed by atoms with Crippen molar-refractivity contribution >= 4 is 11.3 Å². The fourth-order valence-corrected chi connectivity index (χ4v) is 2.57. The second kappa shape index (κ2) is 5.72. The number of nitrogens with zero attached hydrogens (tertiary/aromatic N) is 1. The van der Waals surface area contributed by atoms with Gasteiger partial charge in [0, 0.05) is 11.8 Å². The molecule has 2 N–H and O–H groups in total. The summed E-state index contributed by atoms with van der Waals surface area (Å²) in [5.74, 6) is 0.904. The third-order valence-electron chi connectivity index (χ3n) is 2.82. The molecule has 2 rings (SSSR count). The summed E-state index contributed by atoms with van der Waals surface area (Å²) in [4.78, 5) is 4.54. The number of nitrogens with two attached hydrogens (primary N) is 1. The van der Waals surface area contributed by atoms with E-state index < -0.39 is 0 Å². The van der Waals surface area contributed by atoms with Gasteiger partial charge < -0.3 is 10.5 Å². The molecule has 0 unspecified atom stereocenters. The highest BCUT2D eigenvalue weighted by Crippen LogP contribution is 2.20. The van der Waals surface area contributed by atoms with Crippen molar-refractivity contribution in [3.05, 3.63) is 45.9 Å². The first-order valence-electron chi connectivity index (χ1n) is 6.38. The Morgan fingerprint density at radius 3 is 2.53 bits per heavy atom. The Kier molecular flexibility index (Phi) is 4.22. The zero-order valence-corrected chi connectivity index (χ0v) is 12.5. The Morgan fingerprint density at radius 2 is 1.95 bits per heavy atom. The summed E-state index contributed by atoms with van der Waals surface area (Å²) in [6, 6.07) is 8.08. The molecule has 0 radical (unpaired) electrons. The van der Waals surface area contributed by atoms with Gasteiger partial charge in [-0.15, -0.1) is 11.3 Å². The minimum Gasteiger partial charge on any atom is -0.493 e. The summed E-state index contributed by atoms with van der Waals surface area (Å²) in [7, 11) is 0. The van der Waals surface area contributed by atoms with E-state index in [4.69, 9.17) is 10.5 Å². The molecule has 0 aliphatic heterocycles. The molecule has 0 aliphatic rings. The molecule has 1 aromatic heterocycles. The van der Waals surface area contributed by atoms with Crippen molar-refractivity contribution in [1.82, 2.24) is 4.98 Å². The molecule has 1 aromatic carbocycles. The molecule has 0 saturated heterocycles. The van der Waals surface area contributed by atoms with Crippen LogP contribution in [-0.4, -0.2) is 11.6 Å². The molecule has 2 aromatic rings. The maximum absolute atomic E-state index is 6.02. The molecule has 0 fully saturated rings. The smallest absolute Gasteiger partial charge is 0.119 e. The van der Waals surface area contributed by atoms with E-state index >= 15 is 0 Å². The highest BCUT2D eigenvalue weighted by molar-refractivity contribution is 7.09. The van der Waals surface area contributed by atoms with E-state index in [1.165, 1.54) is 5.56 Å². The zero-order valence-electron chi connectivity index (χ0n) is 11.6. The maximum Gasteiger partial charge on any atom is 0.119 e. The fourth-order valence-electron chi connectivity index (χ4n) is 1.61. The van der Waals surface area contributed by atoms with Gasteiger partial charge in [0.2, 0.25) is 0 Å². The molecule has 0 saturated carbocycles. The molecular weight excluding hydrogens is 256 g/mol. The van der Waals surface area contributed by atoms with E-state index in [-0.39, 0.29) is 5.54 Å². The Morgan fingerprint density at radius 1 is 1.26 bits per heavy atom. The van der Waals surface area contributed by atoms with Crippen LogP contribution in [0.5, 0.6) is 5.75 Å². The zero-order chi connectivity index (χ0) is 13.9. The molecule has 4 heteroatoms. The number of aryl methyl sites for hydroxylation is 1. The molecule has 0 atom stereocenters. The van der Waals surface area contributed by atoms with Crippen LogP contribution in [0.2, 0.25) is 0 Å². The van der Waals surface area contributed by atoms with Gasteiger partial charge in [-0.1, -0.05) is 17.7 Å². The molecule has 1 heterocycles. The van der Waals surface area contributed by atoms with E-state index in [2.05, 4.69) is 11.9 Å². The number of ether oxygens (including phenoxy) is 1. The SMILES string of the molecule is Cc1ccc(OCCc2nc(C(C)(C)N)cs2)cc1. The van der Waals surface area contributed by atoms with Crippen LogP contribution >= 0.6 is 11.3 Å². The number of thiazole rings is 1. The van der Waals surface area contributed by atoms with Crippen molar-refractivity contribution in [2.45, 2.75) is 32.7 Å². The monoisotopic (exact) mass is 276 g/mol. The highest BCUT2D eigenvalue weighted by atomic mass is 32.1. The van der Waals surface area contributed by atoms with Gasteiger partial charge in [-0.25, -0.2) is 4.98 Å². The number of rotatable bonds is 5. The van der Waals surface area contributed by atoms with Crippen LogP contribution in [0, 0.1) is 6.92 Å². The molecular formula is C15H20N2OS. The summed E-state index contributed by atoms with van der Waals surface area (Å²) >= 11 is 1.64. The van der Waals surface area contributed by atoms with Gasteiger partial charge in [-0.2, -0.15) is 0 Å². The van der Waals surface area contributed by atoms with E-state index in [0.717, 1.165) is 22.9 Å². The number of aromatic nitrogens is 1. The summed E-state index contributed by atoms with van der Waals surface area (Å²) in [5, 5.41) is 3.10. The van der Waals surface area contributed by atoms with Gasteiger partial charge in [-0.3, -0.25) is 0 Å². The molecule has 102 valence electrons. The van der Waals surface area contributed by atoms with Gasteiger partial charge in [0.1, 0.15) is 5.75 Å². The lowest BCUT2D eigenvalue weighted by Crippen LogP contribution is -2.29. The van der Waals surface area contributed by atoms with Crippen LogP contribution < -0.4 is 10.5 Å². The predicted octanol–water partition coefficient (Wildman–Crippen LogP) is 3.27. The highest BCUT2D eigenvalue weighted by Gasteiger charge is 2.17. The number of benzene rings is 1. The first kappa shape index (κ1) is 14.0. The molecule has 0 aliphatic carbocycles. The first-order valence-corrected chi connectivity index (χ1v) is 7.26. The number of hydrogen-bond donors (Lipinski definition) is 1. The van der Waals surface area contributed by atoms with E-state index in [0.29, 0.717) is 6.61 Å². The van der Waals surface area contributed by atoms with Crippen LogP contribution in [0.3, 0.4) is 0 Å². The largest absolute Gasteiger partial charge is 0.493 e. The van der Waals surface area contributed by atoms with Gasteiger partial charge in [0.25, 0.3) is 0 Å². The lowest BCUT2D eigenvalue weighted by atomic mass is 10.0.